The highest BCUT2D eigenvalue weighted by Gasteiger charge is 2.30. The Balaban J connectivity index is 1.85. The number of ether oxygens (including phenoxy) is 2. The van der Waals surface area contributed by atoms with Gasteiger partial charge in [-0.25, -0.2) is 0 Å². The lowest BCUT2D eigenvalue weighted by molar-refractivity contribution is -0.137. The molecule has 7 nitrogen and oxygen atoms in total. The average molecular weight is 456 g/mol. The van der Waals surface area contributed by atoms with Gasteiger partial charge in [0, 0.05) is 25.6 Å². The molecule has 0 spiro atoms. The zero-order chi connectivity index (χ0) is 22.4. The van der Waals surface area contributed by atoms with Crippen molar-refractivity contribution in [1.29, 1.82) is 0 Å². The molecule has 0 aliphatic carbocycles. The largest absolute Gasteiger partial charge is 0.476 e. The fraction of sp³-hybridized carbons (Fsp3) is 0.450. The molecule has 0 saturated heterocycles. The van der Waals surface area contributed by atoms with Crippen LogP contribution in [0.4, 0.5) is 13.2 Å². The first-order valence-corrected chi connectivity index (χ1v) is 10.8. The van der Waals surface area contributed by atoms with Gasteiger partial charge in [-0.05, 0) is 31.5 Å². The van der Waals surface area contributed by atoms with Crippen LogP contribution in [0.15, 0.2) is 35.6 Å². The normalized spacial score (nSPS) is 11.8. The second-order valence-corrected chi connectivity index (χ2v) is 7.51. The first-order valence-electron chi connectivity index (χ1n) is 9.79. The van der Waals surface area contributed by atoms with Crippen LogP contribution in [0.25, 0.3) is 11.4 Å². The molecule has 11 heteroatoms. The molecule has 3 aromatic rings. The van der Waals surface area contributed by atoms with Crippen LogP contribution in [-0.2, 0) is 29.8 Å². The van der Waals surface area contributed by atoms with E-state index in [1.807, 2.05) is 24.6 Å². The van der Waals surface area contributed by atoms with Crippen molar-refractivity contribution in [2.45, 2.75) is 44.0 Å². The van der Waals surface area contributed by atoms with Gasteiger partial charge in [-0.15, -0.1) is 15.3 Å². The van der Waals surface area contributed by atoms with Crippen LogP contribution < -0.4 is 4.74 Å². The lowest BCUT2D eigenvalue weighted by Gasteiger charge is -2.10. The van der Waals surface area contributed by atoms with E-state index >= 15 is 0 Å². The minimum atomic E-state index is -4.35. The average Bonchev–Trinajstić information content (AvgIpc) is 3.34. The molecule has 2 heterocycles. The maximum Gasteiger partial charge on any atom is 0.416 e. The summed E-state index contributed by atoms with van der Waals surface area (Å²) >= 11 is 1.40. The molecule has 0 saturated carbocycles. The molecule has 2 aromatic heterocycles. The van der Waals surface area contributed by atoms with E-state index < -0.39 is 11.7 Å². The summed E-state index contributed by atoms with van der Waals surface area (Å²) in [6, 6.07) is 5.13. The Bertz CT molecular complexity index is 986. The third-order valence-corrected chi connectivity index (χ3v) is 5.50. The van der Waals surface area contributed by atoms with Crippen molar-refractivity contribution < 1.29 is 22.6 Å². The summed E-state index contributed by atoms with van der Waals surface area (Å²) in [5.41, 5.74) is 0.825. The second-order valence-electron chi connectivity index (χ2n) is 6.57. The monoisotopic (exact) mass is 455 g/mol. The summed E-state index contributed by atoms with van der Waals surface area (Å²) in [6.45, 7) is 5.97. The van der Waals surface area contributed by atoms with E-state index in [9.17, 15) is 13.2 Å². The highest BCUT2D eigenvalue weighted by Crippen LogP contribution is 2.33. The van der Waals surface area contributed by atoms with Gasteiger partial charge >= 0.3 is 6.18 Å². The number of benzene rings is 1. The number of aromatic nitrogens is 5. The van der Waals surface area contributed by atoms with Crippen molar-refractivity contribution in [3.8, 4) is 17.3 Å². The van der Waals surface area contributed by atoms with Crippen LogP contribution in [0.5, 0.6) is 5.88 Å². The number of alkyl halides is 3. The van der Waals surface area contributed by atoms with Crippen LogP contribution in [-0.4, -0.2) is 44.9 Å². The maximum atomic E-state index is 12.8. The molecule has 0 atom stereocenters. The molecular formula is C20H24F3N5O2S. The van der Waals surface area contributed by atoms with Crippen LogP contribution >= 0.6 is 11.8 Å². The van der Waals surface area contributed by atoms with Gasteiger partial charge in [0.15, 0.2) is 11.0 Å². The molecule has 0 bridgehead atoms. The maximum absolute atomic E-state index is 12.8. The highest BCUT2D eigenvalue weighted by molar-refractivity contribution is 7.98. The molecular weight excluding hydrogens is 431 g/mol. The van der Waals surface area contributed by atoms with E-state index in [2.05, 4.69) is 15.3 Å². The number of hydrogen-bond donors (Lipinski definition) is 0. The Labute approximate surface area is 182 Å². The van der Waals surface area contributed by atoms with Gasteiger partial charge in [0.2, 0.25) is 5.88 Å². The van der Waals surface area contributed by atoms with E-state index in [4.69, 9.17) is 9.47 Å². The molecule has 0 N–H and O–H groups in total. The van der Waals surface area contributed by atoms with Crippen molar-refractivity contribution in [3.05, 3.63) is 41.6 Å². The molecule has 31 heavy (non-hydrogen) atoms. The van der Waals surface area contributed by atoms with Crippen molar-refractivity contribution in [2.24, 2.45) is 0 Å². The topological polar surface area (TPSA) is 67.0 Å². The van der Waals surface area contributed by atoms with E-state index in [-0.39, 0.29) is 0 Å². The SMILES string of the molecule is CCOc1nn(CC)cc1-c1nnc(SCc2ccc(C(F)(F)F)cc2)n1CCOC. The molecule has 0 unspecified atom stereocenters. The summed E-state index contributed by atoms with van der Waals surface area (Å²) in [7, 11) is 1.61. The van der Waals surface area contributed by atoms with E-state index in [0.717, 1.165) is 23.3 Å². The lowest BCUT2D eigenvalue weighted by Crippen LogP contribution is -2.08. The van der Waals surface area contributed by atoms with Gasteiger partial charge < -0.3 is 9.47 Å². The van der Waals surface area contributed by atoms with Gasteiger partial charge in [-0.1, -0.05) is 23.9 Å². The van der Waals surface area contributed by atoms with Crippen LogP contribution in [0.3, 0.4) is 0 Å². The van der Waals surface area contributed by atoms with Gasteiger partial charge in [-0.2, -0.15) is 13.2 Å². The molecule has 0 fully saturated rings. The number of halogens is 3. The Morgan fingerprint density at radius 1 is 1.10 bits per heavy atom. The first-order chi connectivity index (χ1) is 14.9. The first kappa shape index (κ1) is 23.1. The number of rotatable bonds is 10. The smallest absolute Gasteiger partial charge is 0.416 e. The lowest BCUT2D eigenvalue weighted by atomic mass is 10.1. The molecule has 1 aromatic carbocycles. The van der Waals surface area contributed by atoms with Gasteiger partial charge in [-0.3, -0.25) is 9.25 Å². The summed E-state index contributed by atoms with van der Waals surface area (Å²) in [4.78, 5) is 0. The van der Waals surface area contributed by atoms with E-state index in [0.29, 0.717) is 48.9 Å². The molecule has 3 rings (SSSR count). The van der Waals surface area contributed by atoms with Crippen LogP contribution in [0, 0.1) is 0 Å². The number of hydrogen-bond acceptors (Lipinski definition) is 6. The predicted molar refractivity (Wildman–Crippen MR) is 111 cm³/mol. The Hall–Kier alpha value is -2.53. The number of methoxy groups -OCH3 is 1. The Morgan fingerprint density at radius 2 is 1.84 bits per heavy atom. The third kappa shape index (κ3) is 5.59. The highest BCUT2D eigenvalue weighted by atomic mass is 32.2. The summed E-state index contributed by atoms with van der Waals surface area (Å²) < 4.78 is 52.9. The minimum absolute atomic E-state index is 0.449. The summed E-state index contributed by atoms with van der Waals surface area (Å²) in [5, 5.41) is 13.7. The fourth-order valence-electron chi connectivity index (χ4n) is 2.88. The predicted octanol–water partition coefficient (Wildman–Crippen LogP) is 4.52. The molecule has 0 aliphatic rings. The van der Waals surface area contributed by atoms with Crippen molar-refractivity contribution in [3.63, 3.8) is 0 Å². The Kier molecular flexibility index (Phi) is 7.60. The molecule has 0 radical (unpaired) electrons. The number of aryl methyl sites for hydroxylation is 1. The zero-order valence-corrected chi connectivity index (χ0v) is 18.3. The minimum Gasteiger partial charge on any atom is -0.476 e. The van der Waals surface area contributed by atoms with Crippen molar-refractivity contribution >= 4 is 11.8 Å². The molecule has 168 valence electrons. The van der Waals surface area contributed by atoms with Gasteiger partial charge in [0.1, 0.15) is 5.56 Å². The quantitative estimate of drug-likeness (QED) is 0.419. The Morgan fingerprint density at radius 3 is 2.45 bits per heavy atom. The second kappa shape index (κ2) is 10.2. The molecule has 0 amide bonds. The van der Waals surface area contributed by atoms with E-state index in [1.54, 1.807) is 11.8 Å². The van der Waals surface area contributed by atoms with Gasteiger partial charge in [0.25, 0.3) is 0 Å². The van der Waals surface area contributed by atoms with Crippen LogP contribution in [0.2, 0.25) is 0 Å². The summed E-state index contributed by atoms with van der Waals surface area (Å²) in [5.74, 6) is 1.54. The number of nitrogens with zero attached hydrogens (tertiary/aromatic N) is 5. The standard InChI is InChI=1S/C20H24F3N5O2S/c1-4-27-12-16(18(26-27)30-5-2)17-24-25-19(28(17)10-11-29-3)31-13-14-6-8-15(9-7-14)20(21,22)23/h6-9,12H,4-5,10-11,13H2,1-3H3. The van der Waals surface area contributed by atoms with Crippen molar-refractivity contribution in [2.75, 3.05) is 20.3 Å². The third-order valence-electron chi connectivity index (χ3n) is 4.46. The number of thioether (sulfide) groups is 1. The fourth-order valence-corrected chi connectivity index (χ4v) is 3.80. The van der Waals surface area contributed by atoms with Crippen molar-refractivity contribution in [1.82, 2.24) is 24.5 Å². The van der Waals surface area contributed by atoms with E-state index in [1.165, 1.54) is 23.9 Å². The zero-order valence-electron chi connectivity index (χ0n) is 17.5. The summed E-state index contributed by atoms with van der Waals surface area (Å²) in [6.07, 6.45) is -2.48. The van der Waals surface area contributed by atoms with Crippen LogP contribution in [0.1, 0.15) is 25.0 Å². The molecule has 0 aliphatic heterocycles. The van der Waals surface area contributed by atoms with Gasteiger partial charge in [0.05, 0.1) is 25.3 Å².